The number of nitrogens with zero attached hydrogens (tertiary/aromatic N) is 1. The quantitative estimate of drug-likeness (QED) is 0.634. The number of hydrogen-bond acceptors (Lipinski definition) is 4. The number of methoxy groups -OCH3 is 1. The molecule has 0 aliphatic heterocycles. The van der Waals surface area contributed by atoms with Gasteiger partial charge in [0.05, 0.1) is 18.1 Å². The molecule has 5 nitrogen and oxygen atoms in total. The van der Waals surface area contributed by atoms with Gasteiger partial charge in [0.15, 0.2) is 0 Å². The highest BCUT2D eigenvalue weighted by atomic mass is 19.3. The Labute approximate surface area is 90.0 Å². The summed E-state index contributed by atoms with van der Waals surface area (Å²) >= 11 is 0. The van der Waals surface area contributed by atoms with Crippen LogP contribution in [0.15, 0.2) is 18.2 Å². The van der Waals surface area contributed by atoms with Gasteiger partial charge in [0.1, 0.15) is 5.75 Å². The van der Waals surface area contributed by atoms with E-state index in [-0.39, 0.29) is 17.0 Å². The first kappa shape index (κ1) is 12.3. The third kappa shape index (κ3) is 2.43. The number of nitro groups is 1. The second kappa shape index (κ2) is 4.84. The highest BCUT2D eigenvalue weighted by molar-refractivity contribution is 5.45. The van der Waals surface area contributed by atoms with E-state index in [4.69, 9.17) is 10.5 Å². The molecule has 0 bridgehead atoms. The SMILES string of the molecule is COc1ccc([N+](=O)[O-])cc1C(N)C(F)F. The second-order valence-electron chi connectivity index (χ2n) is 3.04. The van der Waals surface area contributed by atoms with Crippen LogP contribution in [0.4, 0.5) is 14.5 Å². The molecule has 7 heteroatoms. The summed E-state index contributed by atoms with van der Waals surface area (Å²) < 4.78 is 29.6. The lowest BCUT2D eigenvalue weighted by atomic mass is 10.1. The van der Waals surface area contributed by atoms with Crippen molar-refractivity contribution < 1.29 is 18.4 Å². The van der Waals surface area contributed by atoms with Gasteiger partial charge in [-0.25, -0.2) is 8.78 Å². The van der Waals surface area contributed by atoms with Crippen LogP contribution in [-0.2, 0) is 0 Å². The number of benzene rings is 1. The number of non-ortho nitro benzene ring substituents is 1. The Kier molecular flexibility index (Phi) is 3.73. The number of halogens is 2. The first-order valence-corrected chi connectivity index (χ1v) is 4.33. The minimum atomic E-state index is -2.81. The fraction of sp³-hybridized carbons (Fsp3) is 0.333. The smallest absolute Gasteiger partial charge is 0.270 e. The molecule has 0 amide bonds. The van der Waals surface area contributed by atoms with Crippen molar-refractivity contribution >= 4 is 5.69 Å². The molecular formula is C9H10F2N2O3. The molecule has 0 aliphatic rings. The molecule has 0 heterocycles. The molecule has 0 fully saturated rings. The van der Waals surface area contributed by atoms with Gasteiger partial charge in [-0.05, 0) is 6.07 Å². The van der Waals surface area contributed by atoms with Crippen LogP contribution in [0.5, 0.6) is 5.75 Å². The molecule has 1 rings (SSSR count). The van der Waals surface area contributed by atoms with E-state index in [1.165, 1.54) is 19.2 Å². The monoisotopic (exact) mass is 232 g/mol. The Hall–Kier alpha value is -1.76. The summed E-state index contributed by atoms with van der Waals surface area (Å²) in [7, 11) is 1.28. The summed E-state index contributed by atoms with van der Waals surface area (Å²) in [5.41, 5.74) is 4.85. The summed E-state index contributed by atoms with van der Waals surface area (Å²) in [6.07, 6.45) is -2.81. The maximum absolute atomic E-state index is 12.4. The Balaban J connectivity index is 3.21. The number of hydrogen-bond donors (Lipinski definition) is 1. The van der Waals surface area contributed by atoms with E-state index in [2.05, 4.69) is 0 Å². The molecule has 0 radical (unpaired) electrons. The molecule has 0 saturated carbocycles. The van der Waals surface area contributed by atoms with E-state index in [0.717, 1.165) is 6.07 Å². The zero-order chi connectivity index (χ0) is 12.3. The van der Waals surface area contributed by atoms with Crippen molar-refractivity contribution in [2.75, 3.05) is 7.11 Å². The van der Waals surface area contributed by atoms with Gasteiger partial charge in [-0.2, -0.15) is 0 Å². The van der Waals surface area contributed by atoms with E-state index in [9.17, 15) is 18.9 Å². The third-order valence-corrected chi connectivity index (χ3v) is 2.05. The van der Waals surface area contributed by atoms with Gasteiger partial charge in [0.25, 0.3) is 12.1 Å². The van der Waals surface area contributed by atoms with E-state index in [1.807, 2.05) is 0 Å². The van der Waals surface area contributed by atoms with Crippen molar-refractivity contribution in [1.29, 1.82) is 0 Å². The van der Waals surface area contributed by atoms with Gasteiger partial charge in [-0.3, -0.25) is 10.1 Å². The topological polar surface area (TPSA) is 78.4 Å². The van der Waals surface area contributed by atoms with E-state index in [0.29, 0.717) is 0 Å². The molecule has 2 N–H and O–H groups in total. The van der Waals surface area contributed by atoms with Crippen LogP contribution in [-0.4, -0.2) is 18.5 Å². The fourth-order valence-electron chi connectivity index (χ4n) is 1.23. The Morgan fingerprint density at radius 1 is 1.50 bits per heavy atom. The summed E-state index contributed by atoms with van der Waals surface area (Å²) in [6, 6.07) is 1.81. The predicted octanol–water partition coefficient (Wildman–Crippen LogP) is 1.87. The summed E-state index contributed by atoms with van der Waals surface area (Å²) in [4.78, 5) is 9.80. The molecule has 16 heavy (non-hydrogen) atoms. The molecule has 1 atom stereocenters. The minimum absolute atomic E-state index is 0.0771. The lowest BCUT2D eigenvalue weighted by Gasteiger charge is -2.14. The normalized spacial score (nSPS) is 12.6. The largest absolute Gasteiger partial charge is 0.496 e. The first-order chi connectivity index (χ1) is 7.47. The predicted molar refractivity (Wildman–Crippen MR) is 52.6 cm³/mol. The van der Waals surface area contributed by atoms with Gasteiger partial charge < -0.3 is 10.5 Å². The molecule has 0 aliphatic carbocycles. The Morgan fingerprint density at radius 2 is 2.12 bits per heavy atom. The standard InChI is InChI=1S/C9H10F2N2O3/c1-16-7-3-2-5(13(14)15)4-6(7)8(12)9(10)11/h2-4,8-9H,12H2,1H3. The molecule has 1 aromatic carbocycles. The van der Waals surface area contributed by atoms with Crippen molar-refractivity contribution in [1.82, 2.24) is 0 Å². The van der Waals surface area contributed by atoms with E-state index >= 15 is 0 Å². The van der Waals surface area contributed by atoms with Crippen LogP contribution in [0.3, 0.4) is 0 Å². The maximum atomic E-state index is 12.4. The highest BCUT2D eigenvalue weighted by Gasteiger charge is 2.23. The van der Waals surface area contributed by atoms with Crippen LogP contribution < -0.4 is 10.5 Å². The fourth-order valence-corrected chi connectivity index (χ4v) is 1.23. The average Bonchev–Trinajstić information content (AvgIpc) is 2.26. The zero-order valence-electron chi connectivity index (χ0n) is 8.39. The van der Waals surface area contributed by atoms with Crippen LogP contribution in [0.2, 0.25) is 0 Å². The number of ether oxygens (including phenoxy) is 1. The lowest BCUT2D eigenvalue weighted by Crippen LogP contribution is -2.19. The highest BCUT2D eigenvalue weighted by Crippen LogP contribution is 2.30. The molecule has 0 spiro atoms. The van der Waals surface area contributed by atoms with E-state index in [1.54, 1.807) is 0 Å². The molecule has 1 unspecified atom stereocenters. The van der Waals surface area contributed by atoms with Crippen LogP contribution in [0.25, 0.3) is 0 Å². The van der Waals surface area contributed by atoms with Crippen LogP contribution in [0, 0.1) is 10.1 Å². The molecule has 88 valence electrons. The van der Waals surface area contributed by atoms with Gasteiger partial charge in [-0.1, -0.05) is 0 Å². The number of alkyl halides is 2. The van der Waals surface area contributed by atoms with Gasteiger partial charge >= 0.3 is 0 Å². The molecular weight excluding hydrogens is 222 g/mol. The van der Waals surface area contributed by atoms with Crippen molar-refractivity contribution in [2.24, 2.45) is 5.73 Å². The summed E-state index contributed by atoms with van der Waals surface area (Å²) in [5.74, 6) is 0.110. The van der Waals surface area contributed by atoms with Crippen LogP contribution >= 0.6 is 0 Å². The maximum Gasteiger partial charge on any atom is 0.270 e. The minimum Gasteiger partial charge on any atom is -0.496 e. The third-order valence-electron chi connectivity index (χ3n) is 2.05. The Morgan fingerprint density at radius 3 is 2.56 bits per heavy atom. The van der Waals surface area contributed by atoms with Crippen molar-refractivity contribution in [2.45, 2.75) is 12.5 Å². The Bertz CT molecular complexity index is 398. The van der Waals surface area contributed by atoms with Crippen molar-refractivity contribution in [3.8, 4) is 5.75 Å². The van der Waals surface area contributed by atoms with Gasteiger partial charge in [0.2, 0.25) is 0 Å². The van der Waals surface area contributed by atoms with Gasteiger partial charge in [-0.15, -0.1) is 0 Å². The van der Waals surface area contributed by atoms with Gasteiger partial charge in [0, 0.05) is 17.7 Å². The summed E-state index contributed by atoms with van der Waals surface area (Å²) in [5, 5.41) is 10.5. The van der Waals surface area contributed by atoms with Crippen molar-refractivity contribution in [3.63, 3.8) is 0 Å². The average molecular weight is 232 g/mol. The number of nitrogens with two attached hydrogens (primary N) is 1. The molecule has 0 saturated heterocycles. The number of nitro benzene ring substituents is 1. The van der Waals surface area contributed by atoms with E-state index < -0.39 is 17.4 Å². The molecule has 0 aromatic heterocycles. The summed E-state index contributed by atoms with van der Waals surface area (Å²) in [6.45, 7) is 0. The lowest BCUT2D eigenvalue weighted by molar-refractivity contribution is -0.385. The first-order valence-electron chi connectivity index (χ1n) is 4.33. The number of rotatable bonds is 4. The zero-order valence-corrected chi connectivity index (χ0v) is 8.39. The van der Waals surface area contributed by atoms with Crippen molar-refractivity contribution in [3.05, 3.63) is 33.9 Å². The van der Waals surface area contributed by atoms with Crippen LogP contribution in [0.1, 0.15) is 11.6 Å². The second-order valence-corrected chi connectivity index (χ2v) is 3.04. The molecule has 1 aromatic rings.